The lowest BCUT2D eigenvalue weighted by atomic mass is 9.58. The first kappa shape index (κ1) is 20.5. The molecular formula is C14H19FO9. The molecule has 10 heteroatoms. The van der Waals surface area contributed by atoms with Gasteiger partial charge in [-0.25, -0.2) is 0 Å². The molecule has 24 heavy (non-hydrogen) atoms. The van der Waals surface area contributed by atoms with Gasteiger partial charge in [0.1, 0.15) is 6.10 Å². The van der Waals surface area contributed by atoms with Crippen molar-refractivity contribution in [3.8, 4) is 0 Å². The lowest BCUT2D eigenvalue weighted by Gasteiger charge is -2.58. The van der Waals surface area contributed by atoms with Crippen LogP contribution in [0.3, 0.4) is 0 Å². The van der Waals surface area contributed by atoms with E-state index in [2.05, 4.69) is 4.74 Å². The molecule has 4 N–H and O–H groups in total. The lowest BCUT2D eigenvalue weighted by Crippen LogP contribution is -2.89. The summed E-state index contributed by atoms with van der Waals surface area (Å²) in [5, 5.41) is 41.2. The van der Waals surface area contributed by atoms with Crippen LogP contribution >= 0.6 is 0 Å². The molecule has 5 atom stereocenters. The van der Waals surface area contributed by atoms with Gasteiger partial charge in [-0.05, 0) is 20.8 Å². The van der Waals surface area contributed by atoms with Crippen molar-refractivity contribution in [1.29, 1.82) is 0 Å². The minimum absolute atomic E-state index is 0.536. The standard InChI is InChI=1S/C14H19FO9/c1-6(17)11(21)10(5-16)24-14(15,9(4)20)13(23,8(3)19)12(11,22)7(2)18/h10,16,21-23H,5H2,1-4H3/t10-,11-,12+,13-,14+/m1/s1. The second-order valence-electron chi connectivity index (χ2n) is 5.80. The average Bonchev–Trinajstić information content (AvgIpc) is 2.47. The maximum Gasteiger partial charge on any atom is 0.308 e. The van der Waals surface area contributed by atoms with Crippen molar-refractivity contribution in [2.24, 2.45) is 0 Å². The molecule has 0 aromatic heterocycles. The number of hydrogen-bond acceptors (Lipinski definition) is 9. The summed E-state index contributed by atoms with van der Waals surface area (Å²) >= 11 is 0. The SMILES string of the molecule is CC(=O)[C@@]1(O)[C@](O)(C(C)=O)[C@@](O)(C(C)=O)[C@@H](CO)O[C@@]1(F)C(C)=O. The molecule has 0 unspecified atom stereocenters. The van der Waals surface area contributed by atoms with Crippen LogP contribution in [0.15, 0.2) is 0 Å². The maximum absolute atomic E-state index is 15.2. The van der Waals surface area contributed by atoms with Crippen LogP contribution in [0.25, 0.3) is 0 Å². The molecule has 1 rings (SSSR count). The van der Waals surface area contributed by atoms with Gasteiger partial charge in [0.25, 0.3) is 0 Å². The van der Waals surface area contributed by atoms with Crippen LogP contribution in [0.1, 0.15) is 27.7 Å². The molecule has 0 bridgehead atoms. The lowest BCUT2D eigenvalue weighted by molar-refractivity contribution is -0.371. The molecule has 0 saturated carbocycles. The number of ether oxygens (including phenoxy) is 1. The topological polar surface area (TPSA) is 158 Å². The number of alkyl halides is 1. The van der Waals surface area contributed by atoms with Gasteiger partial charge in [-0.3, -0.25) is 19.2 Å². The van der Waals surface area contributed by atoms with Crippen LogP contribution in [0, 0.1) is 0 Å². The molecule has 136 valence electrons. The van der Waals surface area contributed by atoms with Crippen molar-refractivity contribution in [3.05, 3.63) is 0 Å². The van der Waals surface area contributed by atoms with Gasteiger partial charge in [-0.1, -0.05) is 0 Å². The second-order valence-corrected chi connectivity index (χ2v) is 5.80. The van der Waals surface area contributed by atoms with Gasteiger partial charge in [0.2, 0.25) is 11.2 Å². The molecule has 0 amide bonds. The number of aliphatic hydroxyl groups is 4. The van der Waals surface area contributed by atoms with E-state index in [4.69, 9.17) is 0 Å². The highest BCUT2D eigenvalue weighted by atomic mass is 19.2. The molecule has 1 heterocycles. The summed E-state index contributed by atoms with van der Waals surface area (Å²) < 4.78 is 19.8. The second kappa shape index (κ2) is 5.74. The summed E-state index contributed by atoms with van der Waals surface area (Å²) in [5.74, 6) is -10.2. The van der Waals surface area contributed by atoms with E-state index in [0.29, 0.717) is 27.7 Å². The van der Waals surface area contributed by atoms with E-state index in [1.165, 1.54) is 0 Å². The quantitative estimate of drug-likeness (QED) is 0.424. The molecule has 1 saturated heterocycles. The predicted octanol–water partition coefficient (Wildman–Crippen LogP) is -2.41. The summed E-state index contributed by atoms with van der Waals surface area (Å²) in [4.78, 5) is 47.6. The molecule has 0 aliphatic carbocycles. The van der Waals surface area contributed by atoms with Gasteiger partial charge in [0.05, 0.1) is 6.61 Å². The molecule has 0 aromatic rings. The minimum Gasteiger partial charge on any atom is -0.394 e. The van der Waals surface area contributed by atoms with E-state index in [1.54, 1.807) is 0 Å². The van der Waals surface area contributed by atoms with Crippen LogP contribution in [0.2, 0.25) is 0 Å². The Bertz CT molecular complexity index is 619. The molecule has 0 aromatic carbocycles. The fourth-order valence-electron chi connectivity index (χ4n) is 3.10. The third kappa shape index (κ3) is 1.97. The fourth-order valence-corrected chi connectivity index (χ4v) is 3.10. The highest BCUT2D eigenvalue weighted by Gasteiger charge is 2.84. The van der Waals surface area contributed by atoms with Crippen LogP contribution in [-0.4, -0.2) is 78.9 Å². The monoisotopic (exact) mass is 350 g/mol. The molecule has 1 fully saturated rings. The Balaban J connectivity index is 4.05. The maximum atomic E-state index is 15.2. The Morgan fingerprint density at radius 2 is 1.29 bits per heavy atom. The molecule has 0 spiro atoms. The summed E-state index contributed by atoms with van der Waals surface area (Å²) in [5.41, 5.74) is -11.1. The van der Waals surface area contributed by atoms with Gasteiger partial charge in [-0.15, -0.1) is 0 Å². The van der Waals surface area contributed by atoms with Gasteiger partial charge in [-0.2, -0.15) is 4.39 Å². The third-order valence-electron chi connectivity index (χ3n) is 4.49. The molecule has 0 radical (unpaired) electrons. The van der Waals surface area contributed by atoms with Crippen LogP contribution < -0.4 is 0 Å². The Hall–Kier alpha value is -1.59. The molecule has 1 aliphatic rings. The van der Waals surface area contributed by atoms with E-state index < -0.39 is 58.5 Å². The van der Waals surface area contributed by atoms with E-state index in [9.17, 15) is 39.6 Å². The number of carbonyl (C=O) groups excluding carboxylic acids is 4. The van der Waals surface area contributed by atoms with Crippen LogP contribution in [0.4, 0.5) is 4.39 Å². The number of carbonyl (C=O) groups is 4. The van der Waals surface area contributed by atoms with Crippen LogP contribution in [-0.2, 0) is 23.9 Å². The van der Waals surface area contributed by atoms with Gasteiger partial charge < -0.3 is 25.2 Å². The highest BCUT2D eigenvalue weighted by molar-refractivity contribution is 6.08. The van der Waals surface area contributed by atoms with E-state index in [1.807, 2.05) is 0 Å². The molecule has 9 nitrogen and oxygen atoms in total. The number of hydrogen-bond donors (Lipinski definition) is 4. The first-order valence-electron chi connectivity index (χ1n) is 6.88. The number of Topliss-reactive ketones (excluding diaryl/α,β-unsaturated/α-hetero) is 4. The average molecular weight is 350 g/mol. The molecular weight excluding hydrogens is 331 g/mol. The van der Waals surface area contributed by atoms with Crippen molar-refractivity contribution in [3.63, 3.8) is 0 Å². The minimum atomic E-state index is -3.99. The van der Waals surface area contributed by atoms with Gasteiger partial charge in [0, 0.05) is 6.92 Å². The first-order valence-corrected chi connectivity index (χ1v) is 6.88. The fraction of sp³-hybridized carbons (Fsp3) is 0.714. The van der Waals surface area contributed by atoms with Gasteiger partial charge in [0.15, 0.2) is 28.7 Å². The van der Waals surface area contributed by atoms with Crippen molar-refractivity contribution < 1.29 is 48.7 Å². The van der Waals surface area contributed by atoms with Crippen molar-refractivity contribution in [1.82, 2.24) is 0 Å². The number of halogens is 1. The summed E-state index contributed by atoms with van der Waals surface area (Å²) in [6.45, 7) is 1.02. The predicted molar refractivity (Wildman–Crippen MR) is 73.4 cm³/mol. The zero-order valence-electron chi connectivity index (χ0n) is 13.5. The Kier molecular flexibility index (Phi) is 4.89. The Morgan fingerprint density at radius 1 is 0.875 bits per heavy atom. The van der Waals surface area contributed by atoms with Crippen molar-refractivity contribution in [2.45, 2.75) is 56.5 Å². The number of rotatable bonds is 5. The highest BCUT2D eigenvalue weighted by Crippen LogP contribution is 2.52. The largest absolute Gasteiger partial charge is 0.394 e. The zero-order chi connectivity index (χ0) is 19.3. The van der Waals surface area contributed by atoms with Gasteiger partial charge >= 0.3 is 5.85 Å². The smallest absolute Gasteiger partial charge is 0.308 e. The third-order valence-corrected chi connectivity index (χ3v) is 4.49. The van der Waals surface area contributed by atoms with Crippen LogP contribution in [0.5, 0.6) is 0 Å². The van der Waals surface area contributed by atoms with E-state index in [0.717, 1.165) is 0 Å². The number of aliphatic hydroxyl groups excluding tert-OH is 1. The first-order chi connectivity index (χ1) is 10.7. The molecule has 1 aliphatic heterocycles. The summed E-state index contributed by atoms with van der Waals surface area (Å²) in [7, 11) is 0. The summed E-state index contributed by atoms with van der Waals surface area (Å²) in [6, 6.07) is 0. The zero-order valence-corrected chi connectivity index (χ0v) is 13.5. The Labute approximate surface area is 136 Å². The van der Waals surface area contributed by atoms with Crippen molar-refractivity contribution >= 4 is 23.1 Å². The number of ketones is 4. The van der Waals surface area contributed by atoms with Crippen molar-refractivity contribution in [2.75, 3.05) is 6.61 Å². The van der Waals surface area contributed by atoms with E-state index >= 15 is 4.39 Å². The normalized spacial score (nSPS) is 42.5. The summed E-state index contributed by atoms with van der Waals surface area (Å²) in [6.07, 6.45) is -2.31. The Morgan fingerprint density at radius 3 is 1.54 bits per heavy atom. The van der Waals surface area contributed by atoms with E-state index in [-0.39, 0.29) is 0 Å².